The summed E-state index contributed by atoms with van der Waals surface area (Å²) in [6, 6.07) is 3.75. The Kier molecular flexibility index (Phi) is 8.66. The van der Waals surface area contributed by atoms with Crippen LogP contribution in [0.3, 0.4) is 0 Å². The van der Waals surface area contributed by atoms with Gasteiger partial charge in [0.25, 0.3) is 0 Å². The van der Waals surface area contributed by atoms with E-state index in [1.165, 1.54) is 18.2 Å². The van der Waals surface area contributed by atoms with Crippen LogP contribution in [0, 0.1) is 0 Å². The van der Waals surface area contributed by atoms with E-state index < -0.39 is 43.3 Å². The standard InChI is InChI=1S/C20H30O9/c1-3-4-5-6-11(2)27-19(26)13-9-12(22)7-8-14(13)28-20-18(25)17(24)16(23)15(10-21)29-20/h7-9,11,15-18,20-25H,3-6,10H2,1-2H3/t11?,15-,16-,17+,18-,20-/m1/s1. The fraction of sp³-hybridized carbons (Fsp3) is 0.650. The molecule has 0 aliphatic carbocycles. The Labute approximate surface area is 169 Å². The van der Waals surface area contributed by atoms with Gasteiger partial charge in [-0.3, -0.25) is 0 Å². The molecule has 5 N–H and O–H groups in total. The monoisotopic (exact) mass is 414 g/mol. The third kappa shape index (κ3) is 6.03. The molecule has 0 radical (unpaired) electrons. The maximum absolute atomic E-state index is 12.6. The van der Waals surface area contributed by atoms with Crippen molar-refractivity contribution in [3.63, 3.8) is 0 Å². The van der Waals surface area contributed by atoms with Crippen molar-refractivity contribution in [1.82, 2.24) is 0 Å². The SMILES string of the molecule is CCCCCC(C)OC(=O)c1cc(O)ccc1O[C@@H]1O[C@H](CO)[C@@H](O)[C@H](O)[C@H]1O. The second-order valence-electron chi connectivity index (χ2n) is 7.21. The number of phenols is 1. The Morgan fingerprint density at radius 2 is 1.90 bits per heavy atom. The van der Waals surface area contributed by atoms with Gasteiger partial charge in [0.15, 0.2) is 0 Å². The van der Waals surface area contributed by atoms with Crippen LogP contribution in [0.1, 0.15) is 49.9 Å². The molecule has 1 fully saturated rings. The van der Waals surface area contributed by atoms with Crippen LogP contribution in [0.4, 0.5) is 0 Å². The molecule has 0 saturated carbocycles. The Morgan fingerprint density at radius 3 is 2.55 bits per heavy atom. The molecule has 9 heteroatoms. The molecule has 1 heterocycles. The second kappa shape index (κ2) is 10.7. The van der Waals surface area contributed by atoms with Crippen molar-refractivity contribution in [2.24, 2.45) is 0 Å². The minimum atomic E-state index is -1.63. The van der Waals surface area contributed by atoms with Gasteiger partial charge < -0.3 is 39.7 Å². The van der Waals surface area contributed by atoms with E-state index >= 15 is 0 Å². The van der Waals surface area contributed by atoms with Gasteiger partial charge in [-0.25, -0.2) is 4.79 Å². The third-order valence-electron chi connectivity index (χ3n) is 4.80. The van der Waals surface area contributed by atoms with Crippen LogP contribution in [0.25, 0.3) is 0 Å². The van der Waals surface area contributed by atoms with E-state index in [1.54, 1.807) is 6.92 Å². The molecular weight excluding hydrogens is 384 g/mol. The average molecular weight is 414 g/mol. The normalized spacial score (nSPS) is 28.0. The highest BCUT2D eigenvalue weighted by Gasteiger charge is 2.45. The lowest BCUT2D eigenvalue weighted by Gasteiger charge is -2.39. The molecule has 0 bridgehead atoms. The highest BCUT2D eigenvalue weighted by molar-refractivity contribution is 5.93. The van der Waals surface area contributed by atoms with Crippen LogP contribution in [0.2, 0.25) is 0 Å². The predicted octanol–water partition coefficient (Wildman–Crippen LogP) is 0.696. The van der Waals surface area contributed by atoms with E-state index in [4.69, 9.17) is 14.2 Å². The Morgan fingerprint density at radius 1 is 1.17 bits per heavy atom. The van der Waals surface area contributed by atoms with E-state index in [-0.39, 0.29) is 23.2 Å². The molecule has 0 aromatic heterocycles. The predicted molar refractivity (Wildman–Crippen MR) is 102 cm³/mol. The Hall–Kier alpha value is -1.91. The van der Waals surface area contributed by atoms with Gasteiger partial charge in [-0.2, -0.15) is 0 Å². The zero-order valence-corrected chi connectivity index (χ0v) is 16.6. The van der Waals surface area contributed by atoms with E-state index in [0.717, 1.165) is 19.3 Å². The van der Waals surface area contributed by atoms with Crippen LogP contribution in [0.15, 0.2) is 18.2 Å². The van der Waals surface area contributed by atoms with Crippen molar-refractivity contribution >= 4 is 5.97 Å². The first-order valence-electron chi connectivity index (χ1n) is 9.79. The summed E-state index contributed by atoms with van der Waals surface area (Å²) in [5.41, 5.74) is -0.0794. The molecule has 1 aromatic rings. The number of unbranched alkanes of at least 4 members (excludes halogenated alkanes) is 2. The molecular formula is C20H30O9. The number of hydrogen-bond acceptors (Lipinski definition) is 9. The van der Waals surface area contributed by atoms with Gasteiger partial charge >= 0.3 is 5.97 Å². The molecule has 1 aliphatic heterocycles. The number of benzene rings is 1. The zero-order valence-electron chi connectivity index (χ0n) is 16.6. The van der Waals surface area contributed by atoms with Crippen LogP contribution < -0.4 is 4.74 Å². The number of ether oxygens (including phenoxy) is 3. The van der Waals surface area contributed by atoms with Crippen molar-refractivity contribution in [3.05, 3.63) is 23.8 Å². The molecule has 6 atom stereocenters. The second-order valence-corrected chi connectivity index (χ2v) is 7.21. The lowest BCUT2D eigenvalue weighted by molar-refractivity contribution is -0.277. The van der Waals surface area contributed by atoms with E-state index in [2.05, 4.69) is 6.92 Å². The molecule has 1 aliphatic rings. The van der Waals surface area contributed by atoms with Gasteiger partial charge in [0.2, 0.25) is 6.29 Å². The first kappa shape index (κ1) is 23.4. The molecule has 0 spiro atoms. The average Bonchev–Trinajstić information content (AvgIpc) is 2.69. The molecule has 1 aromatic carbocycles. The summed E-state index contributed by atoms with van der Waals surface area (Å²) in [4.78, 5) is 12.6. The lowest BCUT2D eigenvalue weighted by Crippen LogP contribution is -2.60. The van der Waals surface area contributed by atoms with Gasteiger partial charge in [-0.05, 0) is 38.0 Å². The number of esters is 1. The van der Waals surface area contributed by atoms with Crippen LogP contribution >= 0.6 is 0 Å². The van der Waals surface area contributed by atoms with Crippen LogP contribution in [-0.2, 0) is 9.47 Å². The first-order chi connectivity index (χ1) is 13.8. The summed E-state index contributed by atoms with van der Waals surface area (Å²) in [5.74, 6) is -0.945. The van der Waals surface area contributed by atoms with Crippen molar-refractivity contribution in [3.8, 4) is 11.5 Å². The van der Waals surface area contributed by atoms with Gasteiger partial charge in [0.05, 0.1) is 12.7 Å². The summed E-state index contributed by atoms with van der Waals surface area (Å²) in [7, 11) is 0. The topological polar surface area (TPSA) is 146 Å². The quantitative estimate of drug-likeness (QED) is 0.291. The van der Waals surface area contributed by atoms with E-state index in [1.807, 2.05) is 0 Å². The third-order valence-corrected chi connectivity index (χ3v) is 4.80. The smallest absolute Gasteiger partial charge is 0.342 e. The maximum atomic E-state index is 12.6. The molecule has 164 valence electrons. The lowest BCUT2D eigenvalue weighted by atomic mass is 9.99. The summed E-state index contributed by atoms with van der Waals surface area (Å²) in [5, 5.41) is 48.9. The Balaban J connectivity index is 2.14. The number of aliphatic hydroxyl groups is 4. The first-order valence-corrected chi connectivity index (χ1v) is 9.79. The van der Waals surface area contributed by atoms with Crippen molar-refractivity contribution in [2.45, 2.75) is 76.3 Å². The zero-order chi connectivity index (χ0) is 21.6. The fourth-order valence-corrected chi connectivity index (χ4v) is 3.06. The summed E-state index contributed by atoms with van der Waals surface area (Å²) in [6.07, 6.45) is -4.02. The minimum absolute atomic E-state index is 0.0436. The summed E-state index contributed by atoms with van der Waals surface area (Å²) < 4.78 is 16.3. The largest absolute Gasteiger partial charge is 0.508 e. The van der Waals surface area contributed by atoms with Crippen molar-refractivity contribution in [2.75, 3.05) is 6.61 Å². The van der Waals surface area contributed by atoms with Gasteiger partial charge in [-0.15, -0.1) is 0 Å². The summed E-state index contributed by atoms with van der Waals surface area (Å²) in [6.45, 7) is 3.24. The summed E-state index contributed by atoms with van der Waals surface area (Å²) >= 11 is 0. The van der Waals surface area contributed by atoms with Crippen molar-refractivity contribution < 1.29 is 44.5 Å². The van der Waals surface area contributed by atoms with E-state index in [9.17, 15) is 30.3 Å². The highest BCUT2D eigenvalue weighted by atomic mass is 16.7. The maximum Gasteiger partial charge on any atom is 0.342 e. The van der Waals surface area contributed by atoms with E-state index in [0.29, 0.717) is 6.42 Å². The number of aliphatic hydroxyl groups excluding tert-OH is 4. The number of hydrogen-bond donors (Lipinski definition) is 5. The molecule has 1 saturated heterocycles. The molecule has 29 heavy (non-hydrogen) atoms. The van der Waals surface area contributed by atoms with Crippen LogP contribution in [-0.4, -0.2) is 74.9 Å². The van der Waals surface area contributed by atoms with Crippen LogP contribution in [0.5, 0.6) is 11.5 Å². The van der Waals surface area contributed by atoms with Gasteiger partial charge in [-0.1, -0.05) is 19.8 Å². The number of carbonyl (C=O) groups excluding carboxylic acids is 1. The molecule has 9 nitrogen and oxygen atoms in total. The highest BCUT2D eigenvalue weighted by Crippen LogP contribution is 2.29. The number of rotatable bonds is 9. The Bertz CT molecular complexity index is 663. The number of aromatic hydroxyl groups is 1. The van der Waals surface area contributed by atoms with Crippen molar-refractivity contribution in [1.29, 1.82) is 0 Å². The number of carbonyl (C=O) groups is 1. The molecule has 1 unspecified atom stereocenters. The van der Waals surface area contributed by atoms with Gasteiger partial charge in [0.1, 0.15) is 41.5 Å². The number of phenolic OH excluding ortho intramolecular Hbond substituents is 1. The van der Waals surface area contributed by atoms with Gasteiger partial charge in [0, 0.05) is 0 Å². The minimum Gasteiger partial charge on any atom is -0.508 e. The molecule has 0 amide bonds. The fourth-order valence-electron chi connectivity index (χ4n) is 3.06. The molecule has 2 rings (SSSR count).